The van der Waals surface area contributed by atoms with Crippen LogP contribution < -0.4 is 19.3 Å². The molecule has 2 aliphatic heterocycles. The van der Waals surface area contributed by atoms with E-state index in [1.165, 1.54) is 27.2 Å². The van der Waals surface area contributed by atoms with Gasteiger partial charge in [0.05, 0.1) is 34.9 Å². The predicted molar refractivity (Wildman–Crippen MR) is 178 cm³/mol. The van der Waals surface area contributed by atoms with E-state index in [1.807, 2.05) is 23.1 Å². The number of hydrogen-bond acceptors (Lipinski definition) is 10. The van der Waals surface area contributed by atoms with Gasteiger partial charge in [-0.2, -0.15) is 0 Å². The number of benzene rings is 3. The van der Waals surface area contributed by atoms with Gasteiger partial charge in [-0.1, -0.05) is 28.9 Å². The molecule has 0 atom stereocenters. The first-order valence-electron chi connectivity index (χ1n) is 14.8. The van der Waals surface area contributed by atoms with Crippen LogP contribution in [0.1, 0.15) is 27.3 Å². The Morgan fingerprint density at radius 1 is 1.00 bits per heavy atom. The van der Waals surface area contributed by atoms with Crippen molar-refractivity contribution in [1.82, 2.24) is 19.9 Å². The van der Waals surface area contributed by atoms with E-state index in [2.05, 4.69) is 20.8 Å². The van der Waals surface area contributed by atoms with Gasteiger partial charge in [-0.05, 0) is 60.1 Å². The second-order valence-electron chi connectivity index (χ2n) is 11.0. The van der Waals surface area contributed by atoms with E-state index in [0.29, 0.717) is 73.2 Å². The van der Waals surface area contributed by atoms with Crippen molar-refractivity contribution in [2.24, 2.45) is 12.2 Å². The number of amides is 2. The van der Waals surface area contributed by atoms with Gasteiger partial charge in [0.2, 0.25) is 10.0 Å². The summed E-state index contributed by atoms with van der Waals surface area (Å²) in [4.78, 5) is 42.2. The number of nitrogens with zero attached hydrogens (tertiary/aromatic N) is 7. The summed E-state index contributed by atoms with van der Waals surface area (Å²) >= 11 is 6.57. The lowest BCUT2D eigenvalue weighted by molar-refractivity contribution is 0.0736. The predicted octanol–water partition coefficient (Wildman–Crippen LogP) is 4.30. The van der Waals surface area contributed by atoms with Crippen LogP contribution in [0.5, 0.6) is 5.75 Å². The maximum atomic E-state index is 13.7. The van der Waals surface area contributed by atoms with E-state index in [0.717, 1.165) is 0 Å². The number of carbonyl (C=O) groups is 2. The first kappa shape index (κ1) is 31.9. The third-order valence-corrected chi connectivity index (χ3v) is 10.4. The first-order chi connectivity index (χ1) is 22.6. The molecule has 4 aromatic rings. The lowest BCUT2D eigenvalue weighted by Crippen LogP contribution is -2.49. The molecule has 2 fully saturated rings. The summed E-state index contributed by atoms with van der Waals surface area (Å²) in [7, 11) is -0.132. The highest BCUT2D eigenvalue weighted by atomic mass is 35.5. The molecular weight excluding hydrogens is 648 g/mol. The Balaban J connectivity index is 1.16. The fourth-order valence-corrected chi connectivity index (χ4v) is 7.63. The maximum absolute atomic E-state index is 13.7. The standard InChI is InChI=1S/C31H31ClN8O6S/c1-37-29(28(34-36-37)22-6-3-4-7-27(22)46-2)31(42)39-15-13-38(14-16-39)26-19-24(25(35-43)18-23(26)32)33-30(41)20-8-10-21(11-9-20)40-12-5-17-47(40,44)45/h3-4,6-11,18-19H,5,12-17H2,1-2H3,(H,33,41). The molecule has 0 saturated carbocycles. The van der Waals surface area contributed by atoms with Crippen molar-refractivity contribution in [3.05, 3.63) is 81.9 Å². The Kier molecular flexibility index (Phi) is 8.84. The molecule has 1 N–H and O–H groups in total. The number of ether oxygens (including phenoxy) is 1. The van der Waals surface area contributed by atoms with Crippen LogP contribution in [0.3, 0.4) is 0 Å². The smallest absolute Gasteiger partial charge is 0.274 e. The van der Waals surface area contributed by atoms with Crippen molar-refractivity contribution in [3.63, 3.8) is 0 Å². The minimum absolute atomic E-state index is 0.0479. The summed E-state index contributed by atoms with van der Waals surface area (Å²) < 4.78 is 32.8. The van der Waals surface area contributed by atoms with E-state index in [4.69, 9.17) is 16.3 Å². The van der Waals surface area contributed by atoms with Crippen LogP contribution in [0.2, 0.25) is 5.02 Å². The SMILES string of the molecule is COc1ccccc1-c1nnn(C)c1C(=O)N1CCN(c2cc(NC(=O)c3ccc(N4CCCS4(=O)=O)cc3)c(N=O)cc2Cl)CC1. The van der Waals surface area contributed by atoms with Crippen LogP contribution in [-0.2, 0) is 17.1 Å². The molecule has 6 rings (SSSR count). The number of piperazine rings is 1. The third kappa shape index (κ3) is 6.23. The molecule has 3 aromatic carbocycles. The van der Waals surface area contributed by atoms with Crippen molar-refractivity contribution in [3.8, 4) is 17.0 Å². The number of methoxy groups -OCH3 is 1. The van der Waals surface area contributed by atoms with Gasteiger partial charge < -0.3 is 19.9 Å². The van der Waals surface area contributed by atoms with Gasteiger partial charge in [0.15, 0.2) is 5.69 Å². The average molecular weight is 679 g/mol. The molecule has 0 aliphatic carbocycles. The largest absolute Gasteiger partial charge is 0.496 e. The molecular formula is C31H31ClN8O6S. The van der Waals surface area contributed by atoms with Crippen LogP contribution in [0, 0.1) is 4.91 Å². The Labute approximate surface area is 275 Å². The lowest BCUT2D eigenvalue weighted by atomic mass is 10.1. The minimum atomic E-state index is -3.35. The number of nitroso groups, excluding NO2 is 1. The molecule has 0 radical (unpaired) electrons. The topological polar surface area (TPSA) is 159 Å². The number of aryl methyl sites for hydroxylation is 1. The molecule has 0 spiro atoms. The van der Waals surface area contributed by atoms with Crippen molar-refractivity contribution in [2.75, 3.05) is 60.1 Å². The highest BCUT2D eigenvalue weighted by Gasteiger charge is 2.31. The Morgan fingerprint density at radius 3 is 2.38 bits per heavy atom. The molecule has 2 saturated heterocycles. The molecule has 1 aromatic heterocycles. The highest BCUT2D eigenvalue weighted by molar-refractivity contribution is 7.93. The fourth-order valence-electron chi connectivity index (χ4n) is 5.79. The number of anilines is 3. The number of carbonyl (C=O) groups excluding carboxylic acids is 2. The second kappa shape index (κ2) is 13.0. The number of aromatic nitrogens is 3. The average Bonchev–Trinajstić information content (AvgIpc) is 3.65. The molecule has 3 heterocycles. The number of sulfonamides is 1. The van der Waals surface area contributed by atoms with Crippen molar-refractivity contribution < 1.29 is 22.7 Å². The molecule has 14 nitrogen and oxygen atoms in total. The van der Waals surface area contributed by atoms with Crippen LogP contribution in [-0.4, -0.2) is 85.7 Å². The van der Waals surface area contributed by atoms with Gasteiger partial charge >= 0.3 is 0 Å². The molecule has 0 unspecified atom stereocenters. The number of nitrogens with one attached hydrogen (secondary N) is 1. The van der Waals surface area contributed by atoms with E-state index in [9.17, 15) is 22.9 Å². The van der Waals surface area contributed by atoms with Crippen LogP contribution in [0.4, 0.5) is 22.7 Å². The summed E-state index contributed by atoms with van der Waals surface area (Å²) in [6.45, 7) is 1.95. The van der Waals surface area contributed by atoms with Crippen molar-refractivity contribution >= 4 is 56.2 Å². The highest BCUT2D eigenvalue weighted by Crippen LogP contribution is 2.38. The Bertz CT molecular complexity index is 1960. The third-order valence-electron chi connectivity index (χ3n) is 8.23. The summed E-state index contributed by atoms with van der Waals surface area (Å²) in [6.07, 6.45) is 0.545. The van der Waals surface area contributed by atoms with Crippen LogP contribution in [0.25, 0.3) is 11.3 Å². The molecule has 0 bridgehead atoms. The van der Waals surface area contributed by atoms with Gasteiger partial charge in [0.1, 0.15) is 17.1 Å². The summed E-state index contributed by atoms with van der Waals surface area (Å²) in [6, 6.07) is 16.5. The second-order valence-corrected chi connectivity index (χ2v) is 13.5. The number of halogens is 1. The van der Waals surface area contributed by atoms with Crippen molar-refractivity contribution in [1.29, 1.82) is 0 Å². The van der Waals surface area contributed by atoms with E-state index >= 15 is 0 Å². The molecule has 244 valence electrons. The van der Waals surface area contributed by atoms with Gasteiger partial charge in [0, 0.05) is 50.9 Å². The zero-order valence-electron chi connectivity index (χ0n) is 25.6. The van der Waals surface area contributed by atoms with Gasteiger partial charge in [0.25, 0.3) is 11.8 Å². The van der Waals surface area contributed by atoms with Gasteiger partial charge in [-0.15, -0.1) is 10.0 Å². The zero-order valence-corrected chi connectivity index (χ0v) is 27.2. The summed E-state index contributed by atoms with van der Waals surface area (Å²) in [5.74, 6) is -0.0727. The first-order valence-corrected chi connectivity index (χ1v) is 16.8. The van der Waals surface area contributed by atoms with E-state index in [-0.39, 0.29) is 33.6 Å². The van der Waals surface area contributed by atoms with Crippen LogP contribution in [0.15, 0.2) is 65.8 Å². The molecule has 47 heavy (non-hydrogen) atoms. The number of rotatable bonds is 8. The van der Waals surface area contributed by atoms with E-state index < -0.39 is 15.9 Å². The Morgan fingerprint density at radius 2 is 1.72 bits per heavy atom. The number of hydrogen-bond donors (Lipinski definition) is 1. The zero-order chi connectivity index (χ0) is 33.3. The maximum Gasteiger partial charge on any atom is 0.274 e. The van der Waals surface area contributed by atoms with Crippen molar-refractivity contribution in [2.45, 2.75) is 6.42 Å². The quantitative estimate of drug-likeness (QED) is 0.268. The van der Waals surface area contributed by atoms with E-state index in [1.54, 1.807) is 43.3 Å². The normalized spacial score (nSPS) is 15.9. The lowest BCUT2D eigenvalue weighted by Gasteiger charge is -2.36. The minimum Gasteiger partial charge on any atom is -0.496 e. The number of para-hydroxylation sites is 1. The molecule has 2 amide bonds. The monoisotopic (exact) mass is 678 g/mol. The molecule has 16 heteroatoms. The molecule has 2 aliphatic rings. The summed E-state index contributed by atoms with van der Waals surface area (Å²) in [5.41, 5.74) is 2.85. The van der Waals surface area contributed by atoms with Gasteiger partial charge in [-0.25, -0.2) is 13.1 Å². The van der Waals surface area contributed by atoms with Crippen LogP contribution >= 0.6 is 11.6 Å². The van der Waals surface area contributed by atoms with Gasteiger partial charge in [-0.3, -0.25) is 13.9 Å². The Hall–Kier alpha value is -5.02. The fraction of sp³-hybridized carbons (Fsp3) is 0.290. The summed E-state index contributed by atoms with van der Waals surface area (Å²) in [5, 5.41) is 14.4.